The van der Waals surface area contributed by atoms with Crippen molar-refractivity contribution < 1.29 is 40.5 Å². The van der Waals surface area contributed by atoms with Gasteiger partial charge in [-0.3, -0.25) is 0 Å². The molecule has 0 amide bonds. The van der Waals surface area contributed by atoms with E-state index in [0.717, 1.165) is 0 Å². The summed E-state index contributed by atoms with van der Waals surface area (Å²) in [5, 5.41) is 0. The molecule has 0 radical (unpaired) electrons. The Morgan fingerprint density at radius 3 is 1.14 bits per heavy atom. The van der Waals surface area contributed by atoms with E-state index in [1.54, 1.807) is 55.7 Å². The Bertz CT molecular complexity index is 1320. The van der Waals surface area contributed by atoms with Crippen LogP contribution < -0.4 is 0 Å². The van der Waals surface area contributed by atoms with Gasteiger partial charge in [0, 0.05) is 0 Å². The van der Waals surface area contributed by atoms with E-state index in [1.165, 1.54) is 12.8 Å². The van der Waals surface area contributed by atoms with E-state index in [0.29, 0.717) is 31.8 Å². The summed E-state index contributed by atoms with van der Waals surface area (Å²) < 4.78 is 13.3. The summed E-state index contributed by atoms with van der Waals surface area (Å²) in [7, 11) is 0. The number of fused-ring (bicyclic) bond motifs is 2. The summed E-state index contributed by atoms with van der Waals surface area (Å²) in [4.78, 5) is 0. The fraction of sp³-hybridized carbons (Fsp3) is 0.610. The van der Waals surface area contributed by atoms with Crippen LogP contribution in [0.15, 0.2) is 35.4 Å². The molecule has 2 aliphatic carbocycles. The molecule has 0 aliphatic heterocycles. The molecular weight excluding hydrogens is 675 g/mol. The molecular formula is C41H64Zr2. The van der Waals surface area contributed by atoms with E-state index in [9.17, 15) is 0 Å². The van der Waals surface area contributed by atoms with Gasteiger partial charge >= 0.3 is 279 Å². The third-order valence-corrected chi connectivity index (χ3v) is 57.6. The zero-order valence-electron chi connectivity index (χ0n) is 30.8. The molecule has 0 fully saturated rings. The zero-order valence-corrected chi connectivity index (χ0v) is 35.8. The van der Waals surface area contributed by atoms with Gasteiger partial charge in [-0.1, -0.05) is 0 Å². The van der Waals surface area contributed by atoms with Crippen LogP contribution in [0.5, 0.6) is 0 Å². The van der Waals surface area contributed by atoms with Gasteiger partial charge in [0.15, 0.2) is 0 Å². The van der Waals surface area contributed by atoms with Crippen molar-refractivity contribution >= 4 is 12.2 Å². The van der Waals surface area contributed by atoms with E-state index in [2.05, 4.69) is 138 Å². The van der Waals surface area contributed by atoms with Crippen molar-refractivity contribution in [2.75, 3.05) is 0 Å². The first-order chi connectivity index (χ1) is 19.8. The molecule has 0 aromatic heterocycles. The van der Waals surface area contributed by atoms with Gasteiger partial charge < -0.3 is 0 Å². The zero-order chi connectivity index (χ0) is 32.4. The maximum absolute atomic E-state index is 2.92. The molecule has 4 rings (SSSR count). The van der Waals surface area contributed by atoms with Crippen LogP contribution in [0.2, 0.25) is 19.4 Å². The van der Waals surface area contributed by atoms with E-state index < -0.39 is 40.5 Å². The molecule has 2 aromatic carbocycles. The molecule has 2 atom stereocenters. The molecule has 236 valence electrons. The molecule has 0 spiro atoms. The molecule has 0 nitrogen and oxygen atoms in total. The van der Waals surface area contributed by atoms with Crippen LogP contribution in [0.25, 0.3) is 12.2 Å². The van der Waals surface area contributed by atoms with Crippen LogP contribution in [0.1, 0.15) is 171 Å². The van der Waals surface area contributed by atoms with Crippen LogP contribution in [-0.2, 0) is 40.5 Å². The third kappa shape index (κ3) is 5.88. The van der Waals surface area contributed by atoms with Gasteiger partial charge in [-0.15, -0.1) is 0 Å². The van der Waals surface area contributed by atoms with Crippen LogP contribution in [0.3, 0.4) is 0 Å². The monoisotopic (exact) mass is 736 g/mol. The van der Waals surface area contributed by atoms with E-state index >= 15 is 0 Å². The molecule has 2 heteroatoms. The number of rotatable bonds is 10. The van der Waals surface area contributed by atoms with Gasteiger partial charge in [0.1, 0.15) is 0 Å². The van der Waals surface area contributed by atoms with Gasteiger partial charge in [0.2, 0.25) is 0 Å². The molecule has 0 saturated heterocycles. The summed E-state index contributed by atoms with van der Waals surface area (Å²) in [6, 6.07) is 10.4. The number of benzene rings is 2. The van der Waals surface area contributed by atoms with Gasteiger partial charge in [-0.25, -0.2) is 0 Å². The summed E-state index contributed by atoms with van der Waals surface area (Å²) in [5.74, 6) is 2.24. The first-order valence-corrected chi connectivity index (χ1v) is 32.7. The van der Waals surface area contributed by atoms with Crippen molar-refractivity contribution in [3.05, 3.63) is 79.9 Å². The molecule has 0 N–H and O–H groups in total. The maximum atomic E-state index is 2.86. The minimum absolute atomic E-state index is 0.447. The van der Waals surface area contributed by atoms with E-state index in [-0.39, 0.29) is 0 Å². The Kier molecular flexibility index (Phi) is 10.5. The first kappa shape index (κ1) is 35.5. The van der Waals surface area contributed by atoms with Crippen molar-refractivity contribution in [2.45, 2.75) is 146 Å². The SMILES string of the molecule is CCC1=Cc2c(C(C)C)cc(C(C)C)cc2[CH]1[Zr]([CH3])([CH3])[C](C)(C)[Zr]([CH3])([CH3])[CH]1C(CC)=Cc2c(C(C)C)cc(C(C)C)cc21. The van der Waals surface area contributed by atoms with Crippen molar-refractivity contribution in [3.8, 4) is 0 Å². The Morgan fingerprint density at radius 2 is 0.884 bits per heavy atom. The average molecular weight is 739 g/mol. The Morgan fingerprint density at radius 1 is 0.558 bits per heavy atom. The normalized spacial score (nSPS) is 19.1. The van der Waals surface area contributed by atoms with Crippen molar-refractivity contribution in [1.29, 1.82) is 0 Å². The second-order valence-electron chi connectivity index (χ2n) is 16.9. The average Bonchev–Trinajstić information content (AvgIpc) is 3.50. The molecule has 2 unspecified atom stereocenters. The van der Waals surface area contributed by atoms with Crippen LogP contribution in [-0.4, -0.2) is 0 Å². The van der Waals surface area contributed by atoms with Gasteiger partial charge in [-0.05, 0) is 0 Å². The topological polar surface area (TPSA) is 0 Å². The molecule has 2 aliphatic rings. The van der Waals surface area contributed by atoms with Crippen LogP contribution in [0.4, 0.5) is 0 Å². The summed E-state index contributed by atoms with van der Waals surface area (Å²) in [6.45, 7) is 29.6. The molecule has 2 aromatic rings. The van der Waals surface area contributed by atoms with Gasteiger partial charge in [0.05, 0.1) is 0 Å². The second kappa shape index (κ2) is 12.7. The predicted molar refractivity (Wildman–Crippen MR) is 189 cm³/mol. The predicted octanol–water partition coefficient (Wildman–Crippen LogP) is 14.2. The van der Waals surface area contributed by atoms with Crippen molar-refractivity contribution in [3.63, 3.8) is 0 Å². The number of hydrogen-bond donors (Lipinski definition) is 0. The van der Waals surface area contributed by atoms with Crippen molar-refractivity contribution in [1.82, 2.24) is 0 Å². The first-order valence-electron chi connectivity index (χ1n) is 17.6. The minimum atomic E-state index is -2.92. The Labute approximate surface area is 276 Å². The summed E-state index contributed by atoms with van der Waals surface area (Å²) in [6.07, 6.45) is 7.70. The van der Waals surface area contributed by atoms with Crippen LogP contribution >= 0.6 is 0 Å². The summed E-state index contributed by atoms with van der Waals surface area (Å²) in [5.41, 5.74) is 16.4. The van der Waals surface area contributed by atoms with Crippen LogP contribution in [0, 0.1) is 0 Å². The van der Waals surface area contributed by atoms with E-state index in [1.807, 2.05) is 0 Å². The van der Waals surface area contributed by atoms with Crippen molar-refractivity contribution in [2.24, 2.45) is 0 Å². The van der Waals surface area contributed by atoms with E-state index in [4.69, 9.17) is 0 Å². The fourth-order valence-electron chi connectivity index (χ4n) is 8.68. The molecule has 0 heterocycles. The second-order valence-corrected chi connectivity index (χ2v) is 45.9. The number of hydrogen-bond acceptors (Lipinski definition) is 0. The van der Waals surface area contributed by atoms with Gasteiger partial charge in [0.25, 0.3) is 0 Å². The molecule has 0 saturated carbocycles. The Balaban J connectivity index is 1.92. The Hall–Kier alpha value is -0.314. The molecule has 43 heavy (non-hydrogen) atoms. The molecule has 0 bridgehead atoms. The van der Waals surface area contributed by atoms with Gasteiger partial charge in [-0.2, -0.15) is 0 Å². The quantitative estimate of drug-likeness (QED) is 0.228. The fourth-order valence-corrected chi connectivity index (χ4v) is 55.6. The third-order valence-electron chi connectivity index (χ3n) is 12.6. The number of allylic oxidation sites excluding steroid dienone is 2. The standard InChI is InChI=1S/2C17H23.C3H6.4CH3.2Zr/c2*1-6-13-7-15-9-14(11(2)3)10-16(12(4)5)17(15)8-13;1-3-2;;;;;;/h2*7-12H,6H2,1-5H3;1-2H3;4*1H3;;. The summed E-state index contributed by atoms with van der Waals surface area (Å²) >= 11 is -5.84.